The van der Waals surface area contributed by atoms with Crippen molar-refractivity contribution >= 4 is 15.9 Å². The molecule has 0 saturated carbocycles. The maximum Gasteiger partial charge on any atom is 0.251 e. The molecule has 1 aliphatic heterocycles. The van der Waals surface area contributed by atoms with E-state index in [1.807, 2.05) is 0 Å². The molecule has 146 valence electrons. The summed E-state index contributed by atoms with van der Waals surface area (Å²) in [5.41, 5.74) is 0.357. The standard InChI is InChI=1S/C18H29N3O4S/c1-3-10-21-11-7-16(8-12-21)20-18(22)15-5-4-6-17(14-15)26(23,24)19-9-13-25-2/h4-6,14,16,19H,3,7-13H2,1-2H3,(H,20,22). The van der Waals surface area contributed by atoms with Gasteiger partial charge < -0.3 is 15.0 Å². The molecule has 1 aliphatic rings. The Morgan fingerprint density at radius 3 is 2.69 bits per heavy atom. The quantitative estimate of drug-likeness (QED) is 0.626. The molecule has 0 unspecified atom stereocenters. The van der Waals surface area contributed by atoms with Crippen LogP contribution in [0.25, 0.3) is 0 Å². The maximum absolute atomic E-state index is 12.5. The van der Waals surface area contributed by atoms with Gasteiger partial charge in [0.1, 0.15) is 0 Å². The van der Waals surface area contributed by atoms with Crippen LogP contribution in [0.4, 0.5) is 0 Å². The number of amides is 1. The lowest BCUT2D eigenvalue weighted by Crippen LogP contribution is -2.44. The molecule has 1 heterocycles. The predicted octanol–water partition coefficient (Wildman–Crippen LogP) is 1.22. The SMILES string of the molecule is CCCN1CCC(NC(=O)c2cccc(S(=O)(=O)NCCOC)c2)CC1. The largest absolute Gasteiger partial charge is 0.383 e. The van der Waals surface area contributed by atoms with Crippen molar-refractivity contribution in [2.24, 2.45) is 0 Å². The number of piperidine rings is 1. The van der Waals surface area contributed by atoms with E-state index in [0.29, 0.717) is 5.56 Å². The third-order valence-corrected chi connectivity index (χ3v) is 5.93. The fourth-order valence-corrected chi connectivity index (χ4v) is 4.11. The van der Waals surface area contributed by atoms with Crippen molar-refractivity contribution < 1.29 is 17.9 Å². The summed E-state index contributed by atoms with van der Waals surface area (Å²) >= 11 is 0. The lowest BCUT2D eigenvalue weighted by Gasteiger charge is -2.32. The summed E-state index contributed by atoms with van der Waals surface area (Å²) < 4.78 is 31.8. The normalized spacial score (nSPS) is 16.5. The van der Waals surface area contributed by atoms with Crippen LogP contribution in [0.1, 0.15) is 36.5 Å². The molecule has 2 N–H and O–H groups in total. The zero-order valence-electron chi connectivity index (χ0n) is 15.5. The van der Waals surface area contributed by atoms with Gasteiger partial charge in [-0.1, -0.05) is 13.0 Å². The van der Waals surface area contributed by atoms with E-state index in [-0.39, 0.29) is 30.0 Å². The summed E-state index contributed by atoms with van der Waals surface area (Å²) in [6.07, 6.45) is 2.97. The second-order valence-corrected chi connectivity index (χ2v) is 8.27. The first kappa shape index (κ1) is 20.8. The van der Waals surface area contributed by atoms with Crippen molar-refractivity contribution in [1.82, 2.24) is 14.9 Å². The summed E-state index contributed by atoms with van der Waals surface area (Å²) in [5.74, 6) is -0.229. The minimum absolute atomic E-state index is 0.0824. The molecular weight excluding hydrogens is 354 g/mol. The number of rotatable bonds is 9. The van der Waals surface area contributed by atoms with Gasteiger partial charge in [0.2, 0.25) is 10.0 Å². The zero-order valence-corrected chi connectivity index (χ0v) is 16.3. The maximum atomic E-state index is 12.5. The topological polar surface area (TPSA) is 87.7 Å². The minimum Gasteiger partial charge on any atom is -0.383 e. The Hall–Kier alpha value is -1.48. The Morgan fingerprint density at radius 1 is 1.31 bits per heavy atom. The Bertz CT molecular complexity index is 685. The highest BCUT2D eigenvalue weighted by Gasteiger charge is 2.21. The average Bonchev–Trinajstić information content (AvgIpc) is 2.64. The summed E-state index contributed by atoms with van der Waals surface area (Å²) in [6.45, 7) is 5.70. The van der Waals surface area contributed by atoms with Gasteiger partial charge in [0, 0.05) is 38.3 Å². The molecule has 0 atom stereocenters. The van der Waals surface area contributed by atoms with Crippen LogP contribution in [-0.4, -0.2) is 65.2 Å². The number of nitrogens with zero attached hydrogens (tertiary/aromatic N) is 1. The smallest absolute Gasteiger partial charge is 0.251 e. The van der Waals surface area contributed by atoms with Gasteiger partial charge in [-0.15, -0.1) is 0 Å². The van der Waals surface area contributed by atoms with E-state index >= 15 is 0 Å². The number of carbonyl (C=O) groups is 1. The fourth-order valence-electron chi connectivity index (χ4n) is 3.05. The van der Waals surface area contributed by atoms with Crippen molar-refractivity contribution in [3.05, 3.63) is 29.8 Å². The number of hydrogen-bond acceptors (Lipinski definition) is 5. The van der Waals surface area contributed by atoms with Gasteiger partial charge in [-0.3, -0.25) is 4.79 Å². The minimum atomic E-state index is -3.65. The van der Waals surface area contributed by atoms with Gasteiger partial charge in [-0.25, -0.2) is 13.1 Å². The molecule has 1 fully saturated rings. The highest BCUT2D eigenvalue weighted by molar-refractivity contribution is 7.89. The van der Waals surface area contributed by atoms with Crippen LogP contribution in [0.15, 0.2) is 29.2 Å². The van der Waals surface area contributed by atoms with Crippen LogP contribution < -0.4 is 10.0 Å². The van der Waals surface area contributed by atoms with Crippen LogP contribution in [0.5, 0.6) is 0 Å². The third kappa shape index (κ3) is 6.05. The molecule has 0 bridgehead atoms. The van der Waals surface area contributed by atoms with Crippen LogP contribution in [0.3, 0.4) is 0 Å². The van der Waals surface area contributed by atoms with Crippen molar-refractivity contribution in [1.29, 1.82) is 0 Å². The molecule has 1 aromatic carbocycles. The van der Waals surface area contributed by atoms with Crippen molar-refractivity contribution in [2.75, 3.05) is 39.9 Å². The molecule has 0 radical (unpaired) electrons. The molecule has 0 spiro atoms. The van der Waals surface area contributed by atoms with Gasteiger partial charge in [-0.2, -0.15) is 0 Å². The van der Waals surface area contributed by atoms with Crippen molar-refractivity contribution in [3.8, 4) is 0 Å². The lowest BCUT2D eigenvalue weighted by molar-refractivity contribution is 0.0911. The summed E-state index contributed by atoms with van der Waals surface area (Å²) in [4.78, 5) is 15.0. The second kappa shape index (κ2) is 10.0. The van der Waals surface area contributed by atoms with Crippen LogP contribution in [0, 0.1) is 0 Å². The molecule has 2 rings (SSSR count). The Kier molecular flexibility index (Phi) is 8.02. The van der Waals surface area contributed by atoms with E-state index in [9.17, 15) is 13.2 Å². The lowest BCUT2D eigenvalue weighted by atomic mass is 10.0. The van der Waals surface area contributed by atoms with Crippen molar-refractivity contribution in [3.63, 3.8) is 0 Å². The van der Waals surface area contributed by atoms with Crippen LogP contribution in [0.2, 0.25) is 0 Å². The van der Waals surface area contributed by atoms with E-state index < -0.39 is 10.0 Å². The number of benzene rings is 1. The number of ether oxygens (including phenoxy) is 1. The number of likely N-dealkylation sites (tertiary alicyclic amines) is 1. The summed E-state index contributed by atoms with van der Waals surface area (Å²) in [6, 6.07) is 6.25. The monoisotopic (exact) mass is 383 g/mol. The average molecular weight is 384 g/mol. The number of methoxy groups -OCH3 is 1. The highest BCUT2D eigenvalue weighted by Crippen LogP contribution is 2.14. The first-order chi connectivity index (χ1) is 12.5. The van der Waals surface area contributed by atoms with E-state index in [1.54, 1.807) is 12.1 Å². The Morgan fingerprint density at radius 2 is 2.04 bits per heavy atom. The van der Waals surface area contributed by atoms with Gasteiger partial charge >= 0.3 is 0 Å². The van der Waals surface area contributed by atoms with E-state index in [4.69, 9.17) is 4.74 Å². The number of hydrogen-bond donors (Lipinski definition) is 2. The van der Waals surface area contributed by atoms with E-state index in [1.165, 1.54) is 19.2 Å². The summed E-state index contributed by atoms with van der Waals surface area (Å²) in [5, 5.41) is 3.03. The summed E-state index contributed by atoms with van der Waals surface area (Å²) in [7, 11) is -2.15. The first-order valence-corrected chi connectivity index (χ1v) is 10.6. The Labute approximate surface area is 156 Å². The molecule has 1 amide bonds. The Balaban J connectivity index is 1.96. The van der Waals surface area contributed by atoms with Gasteiger partial charge in [0.15, 0.2) is 0 Å². The van der Waals surface area contributed by atoms with Crippen LogP contribution >= 0.6 is 0 Å². The molecule has 1 aromatic rings. The predicted molar refractivity (Wildman–Crippen MR) is 101 cm³/mol. The van der Waals surface area contributed by atoms with Crippen LogP contribution in [-0.2, 0) is 14.8 Å². The molecule has 7 nitrogen and oxygen atoms in total. The van der Waals surface area contributed by atoms with Gasteiger partial charge in [0.05, 0.1) is 11.5 Å². The molecule has 1 saturated heterocycles. The molecule has 0 aromatic heterocycles. The number of carbonyl (C=O) groups excluding carboxylic acids is 1. The third-order valence-electron chi connectivity index (χ3n) is 4.47. The van der Waals surface area contributed by atoms with E-state index in [2.05, 4.69) is 21.9 Å². The first-order valence-electron chi connectivity index (χ1n) is 9.08. The van der Waals surface area contributed by atoms with Gasteiger partial charge in [0.25, 0.3) is 5.91 Å². The highest BCUT2D eigenvalue weighted by atomic mass is 32.2. The zero-order chi connectivity index (χ0) is 19.0. The molecular formula is C18H29N3O4S. The molecule has 26 heavy (non-hydrogen) atoms. The van der Waals surface area contributed by atoms with Crippen molar-refractivity contribution in [2.45, 2.75) is 37.1 Å². The number of sulfonamides is 1. The second-order valence-electron chi connectivity index (χ2n) is 6.51. The molecule has 0 aliphatic carbocycles. The molecule has 8 heteroatoms. The fraction of sp³-hybridized carbons (Fsp3) is 0.611. The number of nitrogens with one attached hydrogen (secondary N) is 2. The van der Waals surface area contributed by atoms with Gasteiger partial charge in [-0.05, 0) is 44.0 Å². The van der Waals surface area contributed by atoms with E-state index in [0.717, 1.165) is 38.9 Å².